The summed E-state index contributed by atoms with van der Waals surface area (Å²) in [6, 6.07) is 12.9. The molecule has 0 atom stereocenters. The molecule has 2 rings (SSSR count). The minimum atomic E-state index is -0.208. The molecule has 0 aliphatic carbocycles. The molecule has 4 N–H and O–H groups in total. The van der Waals surface area contributed by atoms with Gasteiger partial charge in [-0.15, -0.1) is 0 Å². The van der Waals surface area contributed by atoms with Gasteiger partial charge < -0.3 is 25.8 Å². The largest absolute Gasteiger partial charge is 0.504 e. The van der Waals surface area contributed by atoms with Gasteiger partial charge in [-0.25, -0.2) is 4.79 Å². The first kappa shape index (κ1) is 18.6. The van der Waals surface area contributed by atoms with E-state index < -0.39 is 0 Å². The topological polar surface area (TPSA) is 82.6 Å². The van der Waals surface area contributed by atoms with Gasteiger partial charge in [-0.3, -0.25) is 0 Å². The average molecular weight is 343 g/mol. The fraction of sp³-hybridized carbons (Fsp3) is 0.316. The van der Waals surface area contributed by atoms with Gasteiger partial charge in [0.15, 0.2) is 11.5 Å². The van der Waals surface area contributed by atoms with E-state index in [0.717, 1.165) is 16.8 Å². The third-order valence-corrected chi connectivity index (χ3v) is 3.53. The molecule has 134 valence electrons. The van der Waals surface area contributed by atoms with E-state index in [9.17, 15) is 9.90 Å². The first-order valence-electron chi connectivity index (χ1n) is 8.21. The number of rotatable bonds is 7. The van der Waals surface area contributed by atoms with E-state index in [-0.39, 0.29) is 17.8 Å². The standard InChI is InChI=1S/C19H25N3O3/c1-13(2)21-19(24)22-16-7-4-14(5-8-16)11-20-12-15-6-9-18(25-3)17(23)10-15/h4-10,13,20,23H,11-12H2,1-3H3,(H2,21,22,24). The number of hydrogen-bond acceptors (Lipinski definition) is 4. The SMILES string of the molecule is COc1ccc(CNCc2ccc(NC(=O)NC(C)C)cc2)cc1O. The first-order valence-corrected chi connectivity index (χ1v) is 8.21. The maximum Gasteiger partial charge on any atom is 0.319 e. The number of aromatic hydroxyl groups is 1. The Balaban J connectivity index is 1.81. The smallest absolute Gasteiger partial charge is 0.319 e. The van der Waals surface area contributed by atoms with Crippen LogP contribution in [-0.4, -0.2) is 24.3 Å². The van der Waals surface area contributed by atoms with Gasteiger partial charge in [0.25, 0.3) is 0 Å². The van der Waals surface area contributed by atoms with E-state index in [4.69, 9.17) is 4.74 Å². The normalized spacial score (nSPS) is 10.6. The van der Waals surface area contributed by atoms with Gasteiger partial charge in [-0.1, -0.05) is 18.2 Å². The van der Waals surface area contributed by atoms with Crippen molar-refractivity contribution in [3.8, 4) is 11.5 Å². The summed E-state index contributed by atoms with van der Waals surface area (Å²) in [6.45, 7) is 5.15. The van der Waals surface area contributed by atoms with Gasteiger partial charge in [0.05, 0.1) is 7.11 Å². The number of phenolic OH excluding ortho intramolecular Hbond substituents is 1. The molecular formula is C19H25N3O3. The molecule has 0 aliphatic rings. The van der Waals surface area contributed by atoms with Crippen LogP contribution >= 0.6 is 0 Å². The molecule has 0 saturated heterocycles. The highest BCUT2D eigenvalue weighted by molar-refractivity contribution is 5.89. The first-order chi connectivity index (χ1) is 12.0. The number of hydrogen-bond donors (Lipinski definition) is 4. The Hall–Kier alpha value is -2.73. The summed E-state index contributed by atoms with van der Waals surface area (Å²) in [6.07, 6.45) is 0. The summed E-state index contributed by atoms with van der Waals surface area (Å²) < 4.78 is 5.03. The summed E-state index contributed by atoms with van der Waals surface area (Å²) in [5, 5.41) is 18.7. The monoisotopic (exact) mass is 343 g/mol. The van der Waals surface area contributed by atoms with Crippen LogP contribution in [0.5, 0.6) is 11.5 Å². The van der Waals surface area contributed by atoms with E-state index in [1.807, 2.05) is 44.2 Å². The van der Waals surface area contributed by atoms with Gasteiger partial charge in [-0.2, -0.15) is 0 Å². The van der Waals surface area contributed by atoms with Crippen LogP contribution in [0.1, 0.15) is 25.0 Å². The van der Waals surface area contributed by atoms with Gasteiger partial charge >= 0.3 is 6.03 Å². The molecule has 0 aromatic heterocycles. The molecule has 0 unspecified atom stereocenters. The number of anilines is 1. The molecule has 2 aromatic carbocycles. The van der Waals surface area contributed by atoms with Crippen LogP contribution in [0.2, 0.25) is 0 Å². The Kier molecular flexibility index (Phi) is 6.65. The Morgan fingerprint density at radius 3 is 2.32 bits per heavy atom. The second-order valence-corrected chi connectivity index (χ2v) is 6.06. The average Bonchev–Trinajstić information content (AvgIpc) is 2.56. The predicted molar refractivity (Wildman–Crippen MR) is 98.9 cm³/mol. The lowest BCUT2D eigenvalue weighted by Gasteiger charge is -2.11. The number of ether oxygens (including phenoxy) is 1. The number of nitrogens with one attached hydrogen (secondary N) is 3. The van der Waals surface area contributed by atoms with Crippen molar-refractivity contribution in [1.82, 2.24) is 10.6 Å². The number of phenols is 1. The Labute approximate surface area is 148 Å². The third kappa shape index (κ3) is 6.00. The summed E-state index contributed by atoms with van der Waals surface area (Å²) in [7, 11) is 1.53. The number of carbonyl (C=O) groups is 1. The highest BCUT2D eigenvalue weighted by atomic mass is 16.5. The van der Waals surface area contributed by atoms with Gasteiger partial charge in [0, 0.05) is 24.8 Å². The van der Waals surface area contributed by atoms with E-state index in [0.29, 0.717) is 18.8 Å². The fourth-order valence-electron chi connectivity index (χ4n) is 2.33. The molecule has 0 heterocycles. The summed E-state index contributed by atoms with van der Waals surface area (Å²) >= 11 is 0. The van der Waals surface area contributed by atoms with Crippen LogP contribution < -0.4 is 20.7 Å². The Morgan fingerprint density at radius 2 is 1.72 bits per heavy atom. The van der Waals surface area contributed by atoms with E-state index in [1.165, 1.54) is 7.11 Å². The number of benzene rings is 2. The van der Waals surface area contributed by atoms with Gasteiger partial charge in [0.2, 0.25) is 0 Å². The molecule has 6 nitrogen and oxygen atoms in total. The maximum atomic E-state index is 11.6. The number of carbonyl (C=O) groups excluding carboxylic acids is 1. The van der Waals surface area contributed by atoms with Crippen LogP contribution in [0.4, 0.5) is 10.5 Å². The van der Waals surface area contributed by atoms with Crippen molar-refractivity contribution in [2.45, 2.75) is 33.0 Å². The second kappa shape index (κ2) is 8.94. The Morgan fingerprint density at radius 1 is 1.08 bits per heavy atom. The number of methoxy groups -OCH3 is 1. The number of urea groups is 1. The van der Waals surface area contributed by atoms with Crippen LogP contribution in [0, 0.1) is 0 Å². The van der Waals surface area contributed by atoms with E-state index in [1.54, 1.807) is 12.1 Å². The molecule has 6 heteroatoms. The van der Waals surface area contributed by atoms with Crippen molar-refractivity contribution in [2.24, 2.45) is 0 Å². The predicted octanol–water partition coefficient (Wildman–Crippen LogP) is 3.22. The Bertz CT molecular complexity index is 700. The molecule has 0 spiro atoms. The molecule has 0 saturated carbocycles. The highest BCUT2D eigenvalue weighted by Gasteiger charge is 2.04. The van der Waals surface area contributed by atoms with Crippen molar-refractivity contribution in [2.75, 3.05) is 12.4 Å². The maximum absolute atomic E-state index is 11.6. The number of amides is 2. The molecule has 0 aliphatic heterocycles. The lowest BCUT2D eigenvalue weighted by atomic mass is 10.1. The lowest BCUT2D eigenvalue weighted by Crippen LogP contribution is -2.34. The van der Waals surface area contributed by atoms with Crippen LogP contribution in [0.15, 0.2) is 42.5 Å². The van der Waals surface area contributed by atoms with Crippen LogP contribution in [0.3, 0.4) is 0 Å². The van der Waals surface area contributed by atoms with Crippen molar-refractivity contribution >= 4 is 11.7 Å². The molecule has 25 heavy (non-hydrogen) atoms. The highest BCUT2D eigenvalue weighted by Crippen LogP contribution is 2.26. The molecule has 2 amide bonds. The van der Waals surface area contributed by atoms with Crippen molar-refractivity contribution < 1.29 is 14.6 Å². The molecule has 0 radical (unpaired) electrons. The minimum absolute atomic E-state index is 0.0980. The summed E-state index contributed by atoms with van der Waals surface area (Å²) in [5.41, 5.74) is 2.83. The fourth-order valence-corrected chi connectivity index (χ4v) is 2.33. The summed E-state index contributed by atoms with van der Waals surface area (Å²) in [5.74, 6) is 0.602. The zero-order valence-corrected chi connectivity index (χ0v) is 14.8. The van der Waals surface area contributed by atoms with Crippen molar-refractivity contribution in [3.05, 3.63) is 53.6 Å². The minimum Gasteiger partial charge on any atom is -0.504 e. The molecular weight excluding hydrogens is 318 g/mol. The molecule has 0 fully saturated rings. The quantitative estimate of drug-likeness (QED) is 0.622. The van der Waals surface area contributed by atoms with E-state index >= 15 is 0 Å². The zero-order chi connectivity index (χ0) is 18.2. The van der Waals surface area contributed by atoms with E-state index in [2.05, 4.69) is 16.0 Å². The van der Waals surface area contributed by atoms with Gasteiger partial charge in [0.1, 0.15) is 0 Å². The van der Waals surface area contributed by atoms with Crippen LogP contribution in [-0.2, 0) is 13.1 Å². The van der Waals surface area contributed by atoms with Crippen molar-refractivity contribution in [1.29, 1.82) is 0 Å². The molecule has 0 bridgehead atoms. The summed E-state index contributed by atoms with van der Waals surface area (Å²) in [4.78, 5) is 11.6. The van der Waals surface area contributed by atoms with Gasteiger partial charge in [-0.05, 0) is 49.2 Å². The second-order valence-electron chi connectivity index (χ2n) is 6.06. The zero-order valence-electron chi connectivity index (χ0n) is 14.8. The third-order valence-electron chi connectivity index (χ3n) is 3.53. The van der Waals surface area contributed by atoms with Crippen LogP contribution in [0.25, 0.3) is 0 Å². The van der Waals surface area contributed by atoms with Crippen molar-refractivity contribution in [3.63, 3.8) is 0 Å². The molecule has 2 aromatic rings. The lowest BCUT2D eigenvalue weighted by molar-refractivity contribution is 0.250.